The number of aryl methyl sites for hydroxylation is 1. The molecule has 1 amide bonds. The largest absolute Gasteiger partial charge is 0.507 e. The molecule has 5 heteroatoms. The van der Waals surface area contributed by atoms with Crippen molar-refractivity contribution in [3.8, 4) is 5.75 Å². The molecule has 1 aromatic heterocycles. The number of carbonyl (C=O) groups excluding carboxylic acids is 1. The summed E-state index contributed by atoms with van der Waals surface area (Å²) in [5, 5.41) is 13.8. The average Bonchev–Trinajstić information content (AvgIpc) is 2.48. The number of benzene rings is 1. The molecule has 0 aliphatic carbocycles. The zero-order valence-corrected chi connectivity index (χ0v) is 11.3. The number of phenols is 1. The van der Waals surface area contributed by atoms with Gasteiger partial charge in [0.2, 0.25) is 0 Å². The maximum absolute atomic E-state index is 12.0. The van der Waals surface area contributed by atoms with Gasteiger partial charge in [-0.05, 0) is 31.5 Å². The number of para-hydroxylation sites is 1. The number of rotatable bonds is 3. The van der Waals surface area contributed by atoms with Crippen molar-refractivity contribution in [2.75, 3.05) is 0 Å². The highest BCUT2D eigenvalue weighted by Gasteiger charge is 2.11. The Morgan fingerprint density at radius 1 is 1.30 bits per heavy atom. The number of pyridine rings is 1. The summed E-state index contributed by atoms with van der Waals surface area (Å²) in [6.07, 6.45) is 3.33. The van der Waals surface area contributed by atoms with E-state index in [4.69, 9.17) is 0 Å². The summed E-state index contributed by atoms with van der Waals surface area (Å²) in [7, 11) is 0. The van der Waals surface area contributed by atoms with Crippen LogP contribution in [-0.2, 0) is 0 Å². The molecule has 2 N–H and O–H groups in total. The summed E-state index contributed by atoms with van der Waals surface area (Å²) in [5.41, 5.74) is 4.73. The Hall–Kier alpha value is -2.69. The van der Waals surface area contributed by atoms with Gasteiger partial charge in [-0.25, -0.2) is 5.43 Å². The Balaban J connectivity index is 2.15. The SMILES string of the molecule is C/C(=N/NC(=O)c1cccc(C)c1O)c1cccnc1. The van der Waals surface area contributed by atoms with E-state index in [1.807, 2.05) is 6.07 Å². The molecule has 0 unspecified atom stereocenters. The van der Waals surface area contributed by atoms with Crippen molar-refractivity contribution in [3.05, 3.63) is 59.4 Å². The molecule has 0 radical (unpaired) electrons. The molecule has 0 aliphatic rings. The monoisotopic (exact) mass is 269 g/mol. The number of hydrogen-bond donors (Lipinski definition) is 2. The van der Waals surface area contributed by atoms with Crippen LogP contribution in [0.15, 0.2) is 47.8 Å². The van der Waals surface area contributed by atoms with Crippen molar-refractivity contribution < 1.29 is 9.90 Å². The van der Waals surface area contributed by atoms with Crippen LogP contribution in [0.2, 0.25) is 0 Å². The van der Waals surface area contributed by atoms with Crippen LogP contribution in [0.1, 0.15) is 28.4 Å². The van der Waals surface area contributed by atoms with Gasteiger partial charge in [-0.15, -0.1) is 0 Å². The van der Waals surface area contributed by atoms with E-state index in [-0.39, 0.29) is 11.3 Å². The van der Waals surface area contributed by atoms with E-state index in [9.17, 15) is 9.90 Å². The van der Waals surface area contributed by atoms with Crippen molar-refractivity contribution in [2.24, 2.45) is 5.10 Å². The van der Waals surface area contributed by atoms with Crippen molar-refractivity contribution in [2.45, 2.75) is 13.8 Å². The molecule has 0 bridgehead atoms. The molecule has 1 heterocycles. The van der Waals surface area contributed by atoms with Crippen LogP contribution in [0.25, 0.3) is 0 Å². The molecule has 2 rings (SSSR count). The van der Waals surface area contributed by atoms with E-state index in [1.165, 1.54) is 0 Å². The Morgan fingerprint density at radius 3 is 2.80 bits per heavy atom. The molecule has 0 aliphatic heterocycles. The summed E-state index contributed by atoms with van der Waals surface area (Å²) in [6, 6.07) is 8.63. The number of nitrogens with zero attached hydrogens (tertiary/aromatic N) is 2. The van der Waals surface area contributed by atoms with Gasteiger partial charge in [0, 0.05) is 18.0 Å². The number of phenolic OH excluding ortho intramolecular Hbond substituents is 1. The molecule has 0 fully saturated rings. The first-order chi connectivity index (χ1) is 9.59. The van der Waals surface area contributed by atoms with Crippen LogP contribution in [0.5, 0.6) is 5.75 Å². The molecular weight excluding hydrogens is 254 g/mol. The van der Waals surface area contributed by atoms with E-state index in [0.29, 0.717) is 11.3 Å². The van der Waals surface area contributed by atoms with E-state index in [0.717, 1.165) is 5.56 Å². The maximum atomic E-state index is 12.0. The molecule has 2 aromatic rings. The van der Waals surface area contributed by atoms with Crippen LogP contribution < -0.4 is 5.43 Å². The lowest BCUT2D eigenvalue weighted by Gasteiger charge is -2.06. The highest BCUT2D eigenvalue weighted by Crippen LogP contribution is 2.20. The molecule has 5 nitrogen and oxygen atoms in total. The van der Waals surface area contributed by atoms with Gasteiger partial charge in [-0.1, -0.05) is 18.2 Å². The van der Waals surface area contributed by atoms with Gasteiger partial charge in [0.05, 0.1) is 11.3 Å². The smallest absolute Gasteiger partial charge is 0.275 e. The van der Waals surface area contributed by atoms with Crippen molar-refractivity contribution in [1.29, 1.82) is 0 Å². The molecule has 0 atom stereocenters. The van der Waals surface area contributed by atoms with Crippen LogP contribution >= 0.6 is 0 Å². The molecule has 1 aromatic carbocycles. The second-order valence-electron chi connectivity index (χ2n) is 4.35. The third kappa shape index (κ3) is 3.00. The van der Waals surface area contributed by atoms with Crippen LogP contribution in [0.3, 0.4) is 0 Å². The van der Waals surface area contributed by atoms with Crippen LogP contribution in [0, 0.1) is 6.92 Å². The Bertz CT molecular complexity index is 651. The first-order valence-electron chi connectivity index (χ1n) is 6.13. The number of aromatic nitrogens is 1. The topological polar surface area (TPSA) is 74.6 Å². The highest BCUT2D eigenvalue weighted by atomic mass is 16.3. The second-order valence-corrected chi connectivity index (χ2v) is 4.35. The summed E-state index contributed by atoms with van der Waals surface area (Å²) >= 11 is 0. The first-order valence-corrected chi connectivity index (χ1v) is 6.13. The number of hydrogen-bond acceptors (Lipinski definition) is 4. The average molecular weight is 269 g/mol. The molecule has 0 saturated heterocycles. The lowest BCUT2D eigenvalue weighted by molar-refractivity contribution is 0.0952. The minimum absolute atomic E-state index is 0.0285. The Labute approximate surface area is 117 Å². The number of aromatic hydroxyl groups is 1. The summed E-state index contributed by atoms with van der Waals surface area (Å²) < 4.78 is 0. The fraction of sp³-hybridized carbons (Fsp3) is 0.133. The van der Waals surface area contributed by atoms with Gasteiger partial charge in [0.25, 0.3) is 5.91 Å². The number of carbonyl (C=O) groups is 1. The first kappa shape index (κ1) is 13.7. The van der Waals surface area contributed by atoms with Crippen LogP contribution in [0.4, 0.5) is 0 Å². The van der Waals surface area contributed by atoms with Crippen molar-refractivity contribution in [3.63, 3.8) is 0 Å². The summed E-state index contributed by atoms with van der Waals surface area (Å²) in [4.78, 5) is 15.9. The maximum Gasteiger partial charge on any atom is 0.275 e. The fourth-order valence-electron chi connectivity index (χ4n) is 1.68. The van der Waals surface area contributed by atoms with Gasteiger partial charge in [-0.3, -0.25) is 9.78 Å². The van der Waals surface area contributed by atoms with Gasteiger partial charge in [-0.2, -0.15) is 5.10 Å². The summed E-state index contributed by atoms with van der Waals surface area (Å²) in [6.45, 7) is 3.50. The van der Waals surface area contributed by atoms with Crippen molar-refractivity contribution in [1.82, 2.24) is 10.4 Å². The molecule has 102 valence electrons. The van der Waals surface area contributed by atoms with Crippen molar-refractivity contribution >= 4 is 11.6 Å². The van der Waals surface area contributed by atoms with Gasteiger partial charge in [0.15, 0.2) is 0 Å². The van der Waals surface area contributed by atoms with E-state index >= 15 is 0 Å². The van der Waals surface area contributed by atoms with Gasteiger partial charge in [0.1, 0.15) is 5.75 Å². The van der Waals surface area contributed by atoms with E-state index in [1.54, 1.807) is 50.5 Å². The lowest BCUT2D eigenvalue weighted by atomic mass is 10.1. The van der Waals surface area contributed by atoms with E-state index in [2.05, 4.69) is 15.5 Å². The Kier molecular flexibility index (Phi) is 4.10. The fourth-order valence-corrected chi connectivity index (χ4v) is 1.68. The molecule has 20 heavy (non-hydrogen) atoms. The third-order valence-electron chi connectivity index (χ3n) is 2.89. The number of amides is 1. The predicted molar refractivity (Wildman–Crippen MR) is 76.8 cm³/mol. The molecular formula is C15H15N3O2. The number of nitrogens with one attached hydrogen (secondary N) is 1. The minimum Gasteiger partial charge on any atom is -0.507 e. The molecule has 0 spiro atoms. The Morgan fingerprint density at radius 2 is 2.10 bits per heavy atom. The highest BCUT2D eigenvalue weighted by molar-refractivity contribution is 6.01. The van der Waals surface area contributed by atoms with E-state index < -0.39 is 5.91 Å². The zero-order chi connectivity index (χ0) is 14.5. The zero-order valence-electron chi connectivity index (χ0n) is 11.3. The standard InChI is InChI=1S/C15H15N3O2/c1-10-5-3-7-13(14(10)19)15(20)18-17-11(2)12-6-4-8-16-9-12/h3-9,19H,1-2H3,(H,18,20)/b17-11-. The van der Waals surface area contributed by atoms with Gasteiger partial charge < -0.3 is 5.11 Å². The quantitative estimate of drug-likeness (QED) is 0.663. The minimum atomic E-state index is -0.450. The summed E-state index contributed by atoms with van der Waals surface area (Å²) in [5.74, 6) is -0.478. The predicted octanol–water partition coefficient (Wildman–Crippen LogP) is 2.25. The normalized spacial score (nSPS) is 11.2. The van der Waals surface area contributed by atoms with Gasteiger partial charge >= 0.3 is 0 Å². The number of hydrazone groups is 1. The second kappa shape index (κ2) is 5.97. The third-order valence-corrected chi connectivity index (χ3v) is 2.89. The molecule has 0 saturated carbocycles. The van der Waals surface area contributed by atoms with Crippen LogP contribution in [-0.4, -0.2) is 21.7 Å². The lowest BCUT2D eigenvalue weighted by Crippen LogP contribution is -2.19.